The number of halogens is 1. The largest absolute Gasteiger partial charge is 0.493 e. The molecule has 3 rings (SSSR count). The lowest BCUT2D eigenvalue weighted by Crippen LogP contribution is -2.11. The number of aromatic hydroxyl groups is 1. The summed E-state index contributed by atoms with van der Waals surface area (Å²) in [6.07, 6.45) is 0. The second-order valence-corrected chi connectivity index (χ2v) is 5.94. The van der Waals surface area contributed by atoms with E-state index in [4.69, 9.17) is 0 Å². The molecule has 0 saturated carbocycles. The van der Waals surface area contributed by atoms with Gasteiger partial charge in [0.25, 0.3) is 5.56 Å². The van der Waals surface area contributed by atoms with Gasteiger partial charge in [0, 0.05) is 9.85 Å². The van der Waals surface area contributed by atoms with Crippen LogP contribution < -0.4 is 5.56 Å². The van der Waals surface area contributed by atoms with Crippen LogP contribution >= 0.6 is 27.3 Å². The quantitative estimate of drug-likeness (QED) is 0.742. The van der Waals surface area contributed by atoms with Crippen molar-refractivity contribution in [3.8, 4) is 27.7 Å². The summed E-state index contributed by atoms with van der Waals surface area (Å²) in [6, 6.07) is 10.8. The van der Waals surface area contributed by atoms with Gasteiger partial charge in [-0.1, -0.05) is 30.3 Å². The molecule has 0 atom stereocenters. The summed E-state index contributed by atoms with van der Waals surface area (Å²) in [4.78, 5) is 19.8. The third-order valence-corrected chi connectivity index (χ3v) is 4.46. The van der Waals surface area contributed by atoms with Crippen LogP contribution in [0.2, 0.25) is 0 Å². The Bertz CT molecular complexity index is 812. The number of aromatic nitrogens is 2. The molecular weight excluding hydrogens is 340 g/mol. The number of nitrogens with one attached hydrogen (secondary N) is 1. The van der Waals surface area contributed by atoms with E-state index >= 15 is 0 Å². The molecule has 0 bridgehead atoms. The average molecular weight is 349 g/mol. The van der Waals surface area contributed by atoms with Crippen LogP contribution in [0.25, 0.3) is 21.8 Å². The second-order valence-electron chi connectivity index (χ2n) is 4.11. The van der Waals surface area contributed by atoms with Crippen LogP contribution in [-0.2, 0) is 0 Å². The zero-order valence-corrected chi connectivity index (χ0v) is 12.5. The molecule has 0 aliphatic heterocycles. The molecule has 0 radical (unpaired) electrons. The van der Waals surface area contributed by atoms with Gasteiger partial charge in [-0.2, -0.15) is 4.98 Å². The Labute approximate surface area is 126 Å². The molecule has 2 N–H and O–H groups in total. The number of hydrogen-bond acceptors (Lipinski definition) is 4. The summed E-state index contributed by atoms with van der Waals surface area (Å²) in [7, 11) is 0. The Morgan fingerprint density at radius 2 is 2.00 bits per heavy atom. The smallest absolute Gasteiger partial charge is 0.262 e. The molecule has 0 unspecified atom stereocenters. The van der Waals surface area contributed by atoms with Crippen LogP contribution in [0.1, 0.15) is 0 Å². The van der Waals surface area contributed by atoms with Gasteiger partial charge in [0.15, 0.2) is 5.82 Å². The molecule has 2 heterocycles. The van der Waals surface area contributed by atoms with Crippen molar-refractivity contribution in [2.45, 2.75) is 0 Å². The third-order valence-electron chi connectivity index (χ3n) is 2.76. The molecule has 2 aromatic heterocycles. The predicted octanol–water partition coefficient (Wildman–Crippen LogP) is 3.63. The summed E-state index contributed by atoms with van der Waals surface area (Å²) in [5.41, 5.74) is 0.464. The van der Waals surface area contributed by atoms with E-state index in [0.29, 0.717) is 11.4 Å². The van der Waals surface area contributed by atoms with E-state index in [1.807, 2.05) is 17.5 Å². The van der Waals surface area contributed by atoms with Crippen molar-refractivity contribution in [3.63, 3.8) is 0 Å². The number of aromatic amines is 1. The molecule has 3 aromatic rings. The maximum Gasteiger partial charge on any atom is 0.262 e. The lowest BCUT2D eigenvalue weighted by molar-refractivity contribution is 0.454. The molecular formula is C14H9BrN2O2S. The topological polar surface area (TPSA) is 66.0 Å². The Morgan fingerprint density at radius 3 is 2.60 bits per heavy atom. The van der Waals surface area contributed by atoms with Gasteiger partial charge in [0.05, 0.1) is 4.88 Å². The SMILES string of the molecule is O=c1[nH]c(-c2cc(Br)cs2)nc(O)c1-c1ccccc1. The lowest BCUT2D eigenvalue weighted by atomic mass is 10.1. The molecule has 6 heteroatoms. The van der Waals surface area contributed by atoms with Gasteiger partial charge in [0.2, 0.25) is 5.88 Å². The lowest BCUT2D eigenvalue weighted by Gasteiger charge is -2.04. The van der Waals surface area contributed by atoms with Gasteiger partial charge in [0.1, 0.15) is 5.56 Å². The minimum atomic E-state index is -0.358. The number of nitrogens with zero attached hydrogens (tertiary/aromatic N) is 1. The minimum Gasteiger partial charge on any atom is -0.493 e. The van der Waals surface area contributed by atoms with Gasteiger partial charge < -0.3 is 10.1 Å². The van der Waals surface area contributed by atoms with E-state index in [1.165, 1.54) is 11.3 Å². The predicted molar refractivity (Wildman–Crippen MR) is 83.0 cm³/mol. The van der Waals surface area contributed by atoms with E-state index < -0.39 is 0 Å². The fraction of sp³-hybridized carbons (Fsp3) is 0. The van der Waals surface area contributed by atoms with Crippen molar-refractivity contribution in [2.24, 2.45) is 0 Å². The number of benzene rings is 1. The Hall–Kier alpha value is -1.92. The van der Waals surface area contributed by atoms with Gasteiger partial charge in [-0.25, -0.2) is 0 Å². The average Bonchev–Trinajstić information content (AvgIpc) is 2.86. The van der Waals surface area contributed by atoms with Crippen molar-refractivity contribution in [3.05, 3.63) is 56.6 Å². The monoisotopic (exact) mass is 348 g/mol. The molecule has 0 fully saturated rings. The fourth-order valence-corrected chi connectivity index (χ4v) is 3.25. The standard InChI is InChI=1S/C14H9BrN2O2S/c15-9-6-10(20-7-9)12-16-13(18)11(14(19)17-12)8-4-2-1-3-5-8/h1-7H,(H2,16,17,18,19). The summed E-state index contributed by atoms with van der Waals surface area (Å²) in [6.45, 7) is 0. The summed E-state index contributed by atoms with van der Waals surface area (Å²) in [5.74, 6) is 0.0994. The van der Waals surface area contributed by atoms with Crippen LogP contribution in [0.4, 0.5) is 0 Å². The Kier molecular flexibility index (Phi) is 3.42. The first kappa shape index (κ1) is 13.1. The van der Waals surface area contributed by atoms with E-state index in [2.05, 4.69) is 25.9 Å². The second kappa shape index (κ2) is 5.22. The minimum absolute atomic E-state index is 0.185. The summed E-state index contributed by atoms with van der Waals surface area (Å²) in [5, 5.41) is 11.9. The number of hydrogen-bond donors (Lipinski definition) is 2. The van der Waals surface area contributed by atoms with Crippen molar-refractivity contribution in [1.29, 1.82) is 0 Å². The molecule has 0 aliphatic carbocycles. The maximum absolute atomic E-state index is 12.2. The molecule has 0 aliphatic rings. The Balaban J connectivity index is 2.15. The van der Waals surface area contributed by atoms with Gasteiger partial charge in [-0.15, -0.1) is 11.3 Å². The van der Waals surface area contributed by atoms with Crippen LogP contribution in [0.3, 0.4) is 0 Å². The fourth-order valence-electron chi connectivity index (χ4n) is 1.88. The van der Waals surface area contributed by atoms with Crippen LogP contribution in [-0.4, -0.2) is 15.1 Å². The number of rotatable bonds is 2. The molecule has 1 aromatic carbocycles. The summed E-state index contributed by atoms with van der Waals surface area (Å²) >= 11 is 4.78. The van der Waals surface area contributed by atoms with Crippen molar-refractivity contribution in [1.82, 2.24) is 9.97 Å². The zero-order chi connectivity index (χ0) is 14.1. The van der Waals surface area contributed by atoms with Crippen molar-refractivity contribution in [2.75, 3.05) is 0 Å². The molecule has 4 nitrogen and oxygen atoms in total. The number of thiophene rings is 1. The van der Waals surface area contributed by atoms with E-state index in [0.717, 1.165) is 9.35 Å². The first-order valence-corrected chi connectivity index (χ1v) is 7.45. The molecule has 0 amide bonds. The van der Waals surface area contributed by atoms with Gasteiger partial charge in [-0.05, 0) is 27.6 Å². The molecule has 100 valence electrons. The first-order valence-electron chi connectivity index (χ1n) is 5.78. The Morgan fingerprint density at radius 1 is 1.25 bits per heavy atom. The highest BCUT2D eigenvalue weighted by molar-refractivity contribution is 9.10. The zero-order valence-electron chi connectivity index (χ0n) is 10.1. The van der Waals surface area contributed by atoms with E-state index in [-0.39, 0.29) is 17.0 Å². The highest BCUT2D eigenvalue weighted by atomic mass is 79.9. The highest BCUT2D eigenvalue weighted by Gasteiger charge is 2.14. The van der Waals surface area contributed by atoms with Crippen LogP contribution in [0.15, 0.2) is 51.0 Å². The summed E-state index contributed by atoms with van der Waals surface area (Å²) < 4.78 is 0.909. The molecule has 0 spiro atoms. The van der Waals surface area contributed by atoms with Crippen molar-refractivity contribution >= 4 is 27.3 Å². The van der Waals surface area contributed by atoms with Gasteiger partial charge >= 0.3 is 0 Å². The molecule has 20 heavy (non-hydrogen) atoms. The maximum atomic E-state index is 12.2. The van der Waals surface area contributed by atoms with Crippen LogP contribution in [0, 0.1) is 0 Å². The van der Waals surface area contributed by atoms with Crippen molar-refractivity contribution < 1.29 is 5.11 Å². The third kappa shape index (κ3) is 2.39. The van der Waals surface area contributed by atoms with Gasteiger partial charge in [-0.3, -0.25) is 4.79 Å². The molecule has 0 saturated heterocycles. The highest BCUT2D eigenvalue weighted by Crippen LogP contribution is 2.30. The number of H-pyrrole nitrogens is 1. The van der Waals surface area contributed by atoms with E-state index in [1.54, 1.807) is 24.3 Å². The first-order chi connectivity index (χ1) is 9.65. The normalized spacial score (nSPS) is 10.7. The van der Waals surface area contributed by atoms with Crippen LogP contribution in [0.5, 0.6) is 5.88 Å². The van der Waals surface area contributed by atoms with E-state index in [9.17, 15) is 9.90 Å².